The Morgan fingerprint density at radius 1 is 0.944 bits per heavy atom. The van der Waals surface area contributed by atoms with Gasteiger partial charge < -0.3 is 14.7 Å². The molecule has 2 aromatic carbocycles. The maximum atomic E-state index is 12.5. The summed E-state index contributed by atoms with van der Waals surface area (Å²) in [5.74, 6) is 2.08. The monoisotopic (exact) mass is 490 g/mol. The molecule has 0 amide bonds. The van der Waals surface area contributed by atoms with Crippen LogP contribution in [-0.2, 0) is 4.79 Å². The standard InChI is InChI=1S/C31H42N2O3/c1-36-29-15-9-8-14-27(29)24-16-18-32(19-17-24)20-26-21-33(22-28(26)23-10-4-2-5-11-23)30(31(34)35)25-12-6-3-7-13-25/h2,4-5,8-11,14-15,24-26,28,30H,3,6-7,12-13,16-22H2,1H3,(H,34,35). The van der Waals surface area contributed by atoms with Crippen molar-refractivity contribution in [1.82, 2.24) is 9.80 Å². The number of benzene rings is 2. The maximum Gasteiger partial charge on any atom is 0.321 e. The topological polar surface area (TPSA) is 53.0 Å². The first kappa shape index (κ1) is 25.3. The van der Waals surface area contributed by atoms with Crippen molar-refractivity contribution in [3.05, 3.63) is 65.7 Å². The zero-order chi connectivity index (χ0) is 24.9. The van der Waals surface area contributed by atoms with Crippen molar-refractivity contribution in [3.8, 4) is 5.75 Å². The Hall–Kier alpha value is -2.37. The molecule has 2 saturated heterocycles. The van der Waals surface area contributed by atoms with Crippen molar-refractivity contribution < 1.29 is 14.6 Å². The number of piperidine rings is 1. The van der Waals surface area contributed by atoms with E-state index < -0.39 is 5.97 Å². The summed E-state index contributed by atoms with van der Waals surface area (Å²) in [6.45, 7) is 4.97. The van der Waals surface area contributed by atoms with E-state index in [0.717, 1.165) is 64.2 Å². The molecule has 0 radical (unpaired) electrons. The molecule has 2 aromatic rings. The lowest BCUT2D eigenvalue weighted by Gasteiger charge is -2.35. The van der Waals surface area contributed by atoms with Gasteiger partial charge in [-0.2, -0.15) is 0 Å². The van der Waals surface area contributed by atoms with Crippen LogP contribution >= 0.6 is 0 Å². The molecule has 194 valence electrons. The first-order valence-corrected chi connectivity index (χ1v) is 14.0. The van der Waals surface area contributed by atoms with Crippen molar-refractivity contribution in [3.63, 3.8) is 0 Å². The number of nitrogens with zero attached hydrogens (tertiary/aromatic N) is 2. The molecule has 0 bridgehead atoms. The normalized spacial score (nSPS) is 25.6. The van der Waals surface area contributed by atoms with Gasteiger partial charge in [-0.25, -0.2) is 0 Å². The molecule has 36 heavy (non-hydrogen) atoms. The number of hydrogen-bond donors (Lipinski definition) is 1. The van der Waals surface area contributed by atoms with Crippen LogP contribution in [0.2, 0.25) is 0 Å². The molecule has 0 aromatic heterocycles. The number of carbonyl (C=O) groups is 1. The van der Waals surface area contributed by atoms with E-state index in [2.05, 4.69) is 58.3 Å². The number of carboxylic acid groups (broad SMARTS) is 1. The molecule has 5 nitrogen and oxygen atoms in total. The fourth-order valence-electron chi connectivity index (χ4n) is 7.26. The summed E-state index contributed by atoms with van der Waals surface area (Å²) < 4.78 is 5.63. The van der Waals surface area contributed by atoms with Crippen LogP contribution in [0.5, 0.6) is 5.75 Å². The predicted octanol–water partition coefficient (Wildman–Crippen LogP) is 5.62. The minimum Gasteiger partial charge on any atom is -0.496 e. The smallest absolute Gasteiger partial charge is 0.321 e. The van der Waals surface area contributed by atoms with Gasteiger partial charge in [-0.3, -0.25) is 9.69 Å². The molecule has 3 aliphatic rings. The van der Waals surface area contributed by atoms with E-state index in [1.165, 1.54) is 30.4 Å². The van der Waals surface area contributed by atoms with E-state index in [1.807, 2.05) is 6.07 Å². The molecular formula is C31H42N2O3. The third-order valence-electron chi connectivity index (χ3n) is 9.10. The van der Waals surface area contributed by atoms with Gasteiger partial charge >= 0.3 is 5.97 Å². The predicted molar refractivity (Wildman–Crippen MR) is 144 cm³/mol. The van der Waals surface area contributed by atoms with Gasteiger partial charge in [0.15, 0.2) is 0 Å². The summed E-state index contributed by atoms with van der Waals surface area (Å²) >= 11 is 0. The Balaban J connectivity index is 1.28. The number of likely N-dealkylation sites (tertiary alicyclic amines) is 2. The largest absolute Gasteiger partial charge is 0.496 e. The molecule has 1 aliphatic carbocycles. The Kier molecular flexibility index (Phi) is 8.28. The van der Waals surface area contributed by atoms with Crippen LogP contribution in [0.3, 0.4) is 0 Å². The van der Waals surface area contributed by atoms with Crippen molar-refractivity contribution in [2.24, 2.45) is 11.8 Å². The Morgan fingerprint density at radius 3 is 2.33 bits per heavy atom. The molecule has 1 N–H and O–H groups in total. The Bertz CT molecular complexity index is 982. The van der Waals surface area contributed by atoms with E-state index >= 15 is 0 Å². The fourth-order valence-corrected chi connectivity index (χ4v) is 7.26. The van der Waals surface area contributed by atoms with Gasteiger partial charge in [0.1, 0.15) is 11.8 Å². The van der Waals surface area contributed by atoms with Crippen LogP contribution in [0.15, 0.2) is 54.6 Å². The third-order valence-corrected chi connectivity index (χ3v) is 9.10. The number of ether oxygens (including phenoxy) is 1. The molecule has 5 heteroatoms. The van der Waals surface area contributed by atoms with Gasteiger partial charge in [-0.1, -0.05) is 67.8 Å². The van der Waals surface area contributed by atoms with Crippen LogP contribution in [0.4, 0.5) is 0 Å². The summed E-state index contributed by atoms with van der Waals surface area (Å²) in [4.78, 5) is 17.5. The van der Waals surface area contributed by atoms with Gasteiger partial charge in [0, 0.05) is 25.6 Å². The van der Waals surface area contributed by atoms with Crippen molar-refractivity contribution in [2.75, 3.05) is 39.8 Å². The number of rotatable bonds is 8. The lowest BCUT2D eigenvalue weighted by Crippen LogP contribution is -2.46. The van der Waals surface area contributed by atoms with E-state index in [1.54, 1.807) is 7.11 Å². The second kappa shape index (κ2) is 11.8. The number of aliphatic carboxylic acids is 1. The molecule has 0 spiro atoms. The Labute approximate surface area is 216 Å². The average molecular weight is 491 g/mol. The molecule has 1 saturated carbocycles. The molecule has 3 fully saturated rings. The second-order valence-corrected chi connectivity index (χ2v) is 11.2. The van der Waals surface area contributed by atoms with E-state index in [0.29, 0.717) is 23.7 Å². The number of para-hydroxylation sites is 1. The lowest BCUT2D eigenvalue weighted by atomic mass is 9.83. The first-order chi connectivity index (χ1) is 17.6. The highest BCUT2D eigenvalue weighted by Gasteiger charge is 2.43. The van der Waals surface area contributed by atoms with E-state index in [9.17, 15) is 9.90 Å². The Morgan fingerprint density at radius 2 is 1.64 bits per heavy atom. The van der Waals surface area contributed by atoms with Crippen molar-refractivity contribution in [2.45, 2.75) is 62.8 Å². The number of methoxy groups -OCH3 is 1. The molecule has 3 atom stereocenters. The third kappa shape index (κ3) is 5.63. The van der Waals surface area contributed by atoms with Gasteiger partial charge in [0.2, 0.25) is 0 Å². The van der Waals surface area contributed by atoms with Gasteiger partial charge in [0.25, 0.3) is 0 Å². The summed E-state index contributed by atoms with van der Waals surface area (Å²) in [7, 11) is 1.77. The average Bonchev–Trinajstić information content (AvgIpc) is 3.33. The van der Waals surface area contributed by atoms with E-state index in [-0.39, 0.29) is 6.04 Å². The summed E-state index contributed by atoms with van der Waals surface area (Å²) in [6, 6.07) is 18.9. The summed E-state index contributed by atoms with van der Waals surface area (Å²) in [5, 5.41) is 10.3. The quantitative estimate of drug-likeness (QED) is 0.520. The van der Waals surface area contributed by atoms with E-state index in [4.69, 9.17) is 4.74 Å². The highest BCUT2D eigenvalue weighted by Crippen LogP contribution is 2.39. The van der Waals surface area contributed by atoms with Crippen LogP contribution < -0.4 is 4.74 Å². The van der Waals surface area contributed by atoms with Crippen LogP contribution in [-0.4, -0.2) is 66.8 Å². The molecule has 2 aliphatic heterocycles. The number of hydrogen-bond acceptors (Lipinski definition) is 4. The fraction of sp³-hybridized carbons (Fsp3) is 0.581. The van der Waals surface area contributed by atoms with Crippen molar-refractivity contribution >= 4 is 5.97 Å². The molecule has 3 unspecified atom stereocenters. The summed E-state index contributed by atoms with van der Waals surface area (Å²) in [6.07, 6.45) is 8.02. The SMILES string of the molecule is COc1ccccc1C1CCN(CC2CN(C(C(=O)O)C3CCCCC3)CC2c2ccccc2)CC1. The van der Waals surface area contributed by atoms with Crippen LogP contribution in [0.1, 0.15) is 67.9 Å². The minimum atomic E-state index is -0.619. The molecule has 2 heterocycles. The highest BCUT2D eigenvalue weighted by molar-refractivity contribution is 5.74. The van der Waals surface area contributed by atoms with Crippen LogP contribution in [0.25, 0.3) is 0 Å². The summed E-state index contributed by atoms with van der Waals surface area (Å²) in [5.41, 5.74) is 2.70. The first-order valence-electron chi connectivity index (χ1n) is 14.0. The van der Waals surface area contributed by atoms with Crippen LogP contribution in [0, 0.1) is 11.8 Å². The van der Waals surface area contributed by atoms with Gasteiger partial charge in [0.05, 0.1) is 7.11 Å². The highest BCUT2D eigenvalue weighted by atomic mass is 16.5. The zero-order valence-corrected chi connectivity index (χ0v) is 21.7. The van der Waals surface area contributed by atoms with Gasteiger partial charge in [-0.05, 0) is 73.7 Å². The lowest BCUT2D eigenvalue weighted by molar-refractivity contribution is -0.145. The zero-order valence-electron chi connectivity index (χ0n) is 21.7. The maximum absolute atomic E-state index is 12.5. The van der Waals surface area contributed by atoms with Gasteiger partial charge in [-0.15, -0.1) is 0 Å². The molecular weight excluding hydrogens is 448 g/mol. The second-order valence-electron chi connectivity index (χ2n) is 11.2. The number of carboxylic acids is 1. The minimum absolute atomic E-state index is 0.294. The molecule has 5 rings (SSSR count). The van der Waals surface area contributed by atoms with Crippen molar-refractivity contribution in [1.29, 1.82) is 0 Å².